The molecule has 6 heavy (non-hydrogen) atoms. The molecular weight excluding hydrogens is 315 g/mol. The fourth-order valence-corrected chi connectivity index (χ4v) is 0.227. The van der Waals surface area contributed by atoms with Crippen molar-refractivity contribution >= 4 is 0 Å². The van der Waals surface area contributed by atoms with Crippen LogP contribution in [0, 0.1) is 0 Å². The Hall–Kier alpha value is -1.72. The maximum absolute atomic E-state index is 4.58. The summed E-state index contributed by atoms with van der Waals surface area (Å²) in [5.41, 5.74) is 0. The van der Waals surface area contributed by atoms with Gasteiger partial charge >= 0.3 is 0 Å². The molecule has 0 aliphatic rings. The van der Waals surface area contributed by atoms with Crippen molar-refractivity contribution in [3.05, 3.63) is 24.7 Å². The molecule has 0 aliphatic heterocycles. The molecule has 1 aromatic heterocycles. The van der Waals surface area contributed by atoms with Gasteiger partial charge in [-0.3, -0.25) is 0 Å². The Morgan fingerprint density at radius 3 is 1.67 bits per heavy atom. The topological polar surface area (TPSA) is 13.1 Å². The van der Waals surface area contributed by atoms with Gasteiger partial charge in [-0.1, -0.05) is 0 Å². The van der Waals surface area contributed by atoms with Gasteiger partial charge in [-0.05, 0) is 12.1 Å². The Kier molecular flexibility index (Phi) is 1.13. The molecule has 0 fully saturated rings. The van der Waals surface area contributed by atoms with Gasteiger partial charge in [-0.15, -0.1) is 0 Å². The average Bonchev–Trinajstić information content (AvgIpc) is 1.76. The van der Waals surface area contributed by atoms with Gasteiger partial charge in [0.05, 0.1) is 12.5 Å². The molecule has 0 saturated carbocycles. The fraction of sp³-hybridized carbons (Fsp3) is 0. The van der Waals surface area contributed by atoms with Gasteiger partial charge < -0.3 is 4.42 Å². The van der Waals surface area contributed by atoms with Gasteiger partial charge in [-0.25, -0.2) is 0 Å². The summed E-state index contributed by atoms with van der Waals surface area (Å²) in [5, 5.41) is 0. The summed E-state index contributed by atoms with van der Waals surface area (Å²) in [7, 11) is 0. The average molecular weight is 319 g/mol. The van der Waals surface area contributed by atoms with E-state index in [-0.39, 0.29) is 0 Å². The van der Waals surface area contributed by atoms with Crippen LogP contribution in [0.25, 0.3) is 0 Å². The number of rotatable bonds is 0. The van der Waals surface area contributed by atoms with Crippen molar-refractivity contribution in [2.24, 2.45) is 0 Å². The largest absolute Gasteiger partial charge is 0.473 e. The second kappa shape index (κ2) is 1.58. The van der Waals surface area contributed by atoms with E-state index in [0.717, 1.165) is 0 Å². The molecule has 1 rings (SSSR count). The fourth-order valence-electron chi connectivity index (χ4n) is 0.227. The molecule has 0 unspecified atom stereocenters. The zero-order valence-electron chi connectivity index (χ0n) is 3.03. The van der Waals surface area contributed by atoms with Crippen LogP contribution in [0.5, 0.6) is 0 Å². The van der Waals surface area contributed by atoms with Crippen LogP contribution in [-0.4, -0.2) is 0 Å². The van der Waals surface area contributed by atoms with E-state index in [0.29, 0.717) is 0 Å². The minimum atomic E-state index is 0. The monoisotopic (exact) mass is 317 g/mol. The second-order valence-electron chi connectivity index (χ2n) is 0.793. The summed E-state index contributed by atoms with van der Waals surface area (Å²) in [5.74, 6) is 0. The molecular formula is C4H4CfO. The number of hydrogen-bond acceptors (Lipinski definition) is 1. The Morgan fingerprint density at radius 1 is 1.00 bits per heavy atom. The Labute approximate surface area is 30.2 Å². The van der Waals surface area contributed by atoms with Gasteiger partial charge in [0.1, 0.15) is 0 Å². The Balaban J connectivity index is 0.000000250. The first-order valence-corrected chi connectivity index (χ1v) is 1.47. The minimum Gasteiger partial charge on any atom is -0.473 e. The van der Waals surface area contributed by atoms with Gasteiger partial charge in [0.15, 0.2) is 0 Å². The molecule has 0 amide bonds. The van der Waals surface area contributed by atoms with Crippen LogP contribution in [0.15, 0.2) is 29.1 Å². The SMILES string of the molecule is [Cf].c1ccoc1. The van der Waals surface area contributed by atoms with Crippen molar-refractivity contribution in [3.63, 3.8) is 0 Å². The molecule has 0 bridgehead atoms. The molecule has 0 atom stereocenters. The molecule has 0 spiro atoms. The van der Waals surface area contributed by atoms with Crippen LogP contribution >= 0.6 is 0 Å². The molecule has 0 aliphatic carbocycles. The molecule has 1 heterocycles. The van der Waals surface area contributed by atoms with Crippen LogP contribution in [0.1, 0.15) is 0 Å². The van der Waals surface area contributed by atoms with Crippen LogP contribution in [0.2, 0.25) is 0 Å². The second-order valence-corrected chi connectivity index (χ2v) is 0.793. The first-order chi connectivity index (χ1) is 2.50. The van der Waals surface area contributed by atoms with E-state index in [2.05, 4.69) is 4.42 Å². The minimum absolute atomic E-state index is 0. The summed E-state index contributed by atoms with van der Waals surface area (Å²) in [4.78, 5) is 0. The maximum atomic E-state index is 4.58. The van der Waals surface area contributed by atoms with Gasteiger partial charge in [0, 0.05) is 0 Å². The standard InChI is InChI=1S/C4H4O.Cf/c1-2-4-5-3-1;/h1-4H;. The molecule has 0 radical (unpaired) electrons. The zero-order chi connectivity index (χ0) is 3.54. The van der Waals surface area contributed by atoms with E-state index < -0.39 is 0 Å². The van der Waals surface area contributed by atoms with Crippen molar-refractivity contribution in [1.29, 1.82) is 0 Å². The molecule has 2 heteroatoms. The molecule has 0 N–H and O–H groups in total. The first kappa shape index (κ1) is 4.28. The summed E-state index contributed by atoms with van der Waals surface area (Å²) >= 11 is 0. The van der Waals surface area contributed by atoms with Crippen LogP contribution in [0.3, 0.4) is 0 Å². The summed E-state index contributed by atoms with van der Waals surface area (Å²) in [6, 6.07) is 3.67. The van der Waals surface area contributed by atoms with Crippen molar-refractivity contribution in [3.8, 4) is 0 Å². The van der Waals surface area contributed by atoms with Crippen molar-refractivity contribution < 1.29 is 4.42 Å². The van der Waals surface area contributed by atoms with E-state index >= 15 is 0 Å². The predicted octanol–water partition coefficient (Wildman–Crippen LogP) is 1.28. The molecule has 1 aromatic rings. The normalized spacial score (nSPS) is 6.67. The van der Waals surface area contributed by atoms with Crippen molar-refractivity contribution in [1.82, 2.24) is 0 Å². The Morgan fingerprint density at radius 2 is 1.50 bits per heavy atom. The smallest absolute Gasteiger partial charge is 0.0902 e. The predicted molar refractivity (Wildman–Crippen MR) is 18.7 cm³/mol. The van der Waals surface area contributed by atoms with Gasteiger partial charge in [-0.2, -0.15) is 0 Å². The van der Waals surface area contributed by atoms with E-state index in [4.69, 9.17) is 0 Å². The Bertz CT molecular complexity index is 64.0. The van der Waals surface area contributed by atoms with E-state index in [1.54, 1.807) is 12.5 Å². The third-order valence-corrected chi connectivity index (χ3v) is 0.425. The first-order valence-electron chi connectivity index (χ1n) is 1.47. The van der Waals surface area contributed by atoms with E-state index in [1.165, 1.54) is 0 Å². The third-order valence-electron chi connectivity index (χ3n) is 0.425. The summed E-state index contributed by atoms with van der Waals surface area (Å²) in [6.45, 7) is 0. The maximum Gasteiger partial charge on any atom is 0.0902 e. The van der Waals surface area contributed by atoms with Crippen LogP contribution < -0.4 is 0 Å². The van der Waals surface area contributed by atoms with E-state index in [9.17, 15) is 0 Å². The molecule has 1 nitrogen and oxygen atoms in total. The molecule has 0 aromatic carbocycles. The van der Waals surface area contributed by atoms with Crippen LogP contribution in [0.4, 0.5) is 0 Å². The summed E-state index contributed by atoms with van der Waals surface area (Å²) < 4.78 is 4.58. The number of furan rings is 1. The quantitative estimate of drug-likeness (QED) is 0.702. The van der Waals surface area contributed by atoms with Gasteiger partial charge in [0.25, 0.3) is 0 Å². The number of hydrogen-bond donors (Lipinski definition) is 0. The van der Waals surface area contributed by atoms with Gasteiger partial charge in [0.2, 0.25) is 0 Å². The third kappa shape index (κ3) is 0.347. The van der Waals surface area contributed by atoms with Crippen LogP contribution in [-0.2, 0) is 0 Å². The van der Waals surface area contributed by atoms with E-state index in [1.807, 2.05) is 12.1 Å². The molecule has 36 valence electrons. The summed E-state index contributed by atoms with van der Waals surface area (Å²) in [6.07, 6.45) is 3.25. The van der Waals surface area contributed by atoms with Crippen molar-refractivity contribution in [2.75, 3.05) is 0 Å². The molecule has 0 saturated heterocycles. The zero-order valence-corrected chi connectivity index (χ0v) is 5.67. The van der Waals surface area contributed by atoms with Crippen molar-refractivity contribution in [2.45, 2.75) is 0 Å².